The van der Waals surface area contributed by atoms with Crippen LogP contribution in [0.5, 0.6) is 5.75 Å². The van der Waals surface area contributed by atoms with E-state index in [0.717, 1.165) is 22.8 Å². The Morgan fingerprint density at radius 3 is 2.03 bits per heavy atom. The fraction of sp³-hybridized carbons (Fsp3) is 0.200. The Kier molecular flexibility index (Phi) is 6.55. The third-order valence-corrected chi connectivity index (χ3v) is 5.39. The first-order valence-electron chi connectivity index (χ1n) is 10.5. The summed E-state index contributed by atoms with van der Waals surface area (Å²) in [6, 6.07) is 24.9. The highest BCUT2D eigenvalue weighted by Crippen LogP contribution is 2.28. The Hall–Kier alpha value is -4.00. The topological polar surface area (TPSA) is 73.9 Å². The van der Waals surface area contributed by atoms with Crippen LogP contribution in [-0.2, 0) is 9.59 Å². The molecule has 0 radical (unpaired) electrons. The molecule has 0 saturated carbocycles. The van der Waals surface area contributed by atoms with Crippen molar-refractivity contribution >= 4 is 34.6 Å². The maximum Gasteiger partial charge on any atom is 0.313 e. The lowest BCUT2D eigenvalue weighted by Crippen LogP contribution is -2.51. The van der Waals surface area contributed by atoms with Crippen LogP contribution in [0, 0.1) is 0 Å². The van der Waals surface area contributed by atoms with Crippen molar-refractivity contribution in [3.05, 3.63) is 78.9 Å². The summed E-state index contributed by atoms with van der Waals surface area (Å²) >= 11 is 0. The van der Waals surface area contributed by atoms with Crippen LogP contribution in [0.4, 0.5) is 22.7 Å². The Bertz CT molecular complexity index is 1060. The Morgan fingerprint density at radius 1 is 0.750 bits per heavy atom. The fourth-order valence-electron chi connectivity index (χ4n) is 3.69. The minimum Gasteiger partial charge on any atom is -0.495 e. The molecule has 1 fully saturated rings. The summed E-state index contributed by atoms with van der Waals surface area (Å²) in [5.74, 6) is -0.342. The van der Waals surface area contributed by atoms with E-state index >= 15 is 0 Å². The zero-order chi connectivity index (χ0) is 22.3. The molecular weight excluding hydrogens is 404 g/mol. The van der Waals surface area contributed by atoms with E-state index < -0.39 is 11.8 Å². The van der Waals surface area contributed by atoms with Crippen molar-refractivity contribution in [1.29, 1.82) is 0 Å². The zero-order valence-corrected chi connectivity index (χ0v) is 18.0. The second-order valence-electron chi connectivity index (χ2n) is 7.47. The molecule has 1 aliphatic rings. The van der Waals surface area contributed by atoms with E-state index in [4.69, 9.17) is 4.74 Å². The summed E-state index contributed by atoms with van der Waals surface area (Å²) in [4.78, 5) is 28.9. The number of nitrogens with one attached hydrogen (secondary N) is 2. The summed E-state index contributed by atoms with van der Waals surface area (Å²) in [5.41, 5.74) is 3.45. The minimum absolute atomic E-state index is 0.476. The summed E-state index contributed by atoms with van der Waals surface area (Å²) in [6.45, 7) is 2.23. The highest BCUT2D eigenvalue weighted by atomic mass is 16.5. The molecule has 2 N–H and O–H groups in total. The van der Waals surface area contributed by atoms with Gasteiger partial charge in [-0.05, 0) is 48.5 Å². The number of amides is 2. The number of nitrogens with zero attached hydrogens (tertiary/aromatic N) is 2. The second-order valence-corrected chi connectivity index (χ2v) is 7.47. The summed E-state index contributed by atoms with van der Waals surface area (Å²) in [5, 5.41) is 5.98. The number of piperazine rings is 1. The van der Waals surface area contributed by atoms with Crippen molar-refractivity contribution in [2.24, 2.45) is 0 Å². The van der Waals surface area contributed by atoms with E-state index in [-0.39, 0.29) is 0 Å². The number of rotatable bonds is 5. The van der Waals surface area contributed by atoms with Gasteiger partial charge in [0.25, 0.3) is 0 Å². The zero-order valence-electron chi connectivity index (χ0n) is 18.0. The standard InChI is InChI=1S/C25H26N4O3/c1-32-23-10-6-5-9-22(23)28-15-17-29(18-16-28)25(31)24(30)27-21-13-11-20(12-14-21)26-19-7-3-2-4-8-19/h2-14,26H,15-18H2,1H3,(H,27,30). The molecule has 7 heteroatoms. The lowest BCUT2D eigenvalue weighted by molar-refractivity contribution is -0.143. The van der Waals surface area contributed by atoms with Crippen LogP contribution in [-0.4, -0.2) is 50.0 Å². The molecule has 1 heterocycles. The lowest BCUT2D eigenvalue weighted by atomic mass is 10.2. The monoisotopic (exact) mass is 430 g/mol. The molecule has 0 bridgehead atoms. The molecule has 1 saturated heterocycles. The number of benzene rings is 3. The summed E-state index contributed by atoms with van der Waals surface area (Å²) in [6.07, 6.45) is 0. The average molecular weight is 431 g/mol. The van der Waals surface area contributed by atoms with Gasteiger partial charge in [0.05, 0.1) is 12.8 Å². The van der Waals surface area contributed by atoms with Crippen LogP contribution in [0.15, 0.2) is 78.9 Å². The lowest BCUT2D eigenvalue weighted by Gasteiger charge is -2.36. The largest absolute Gasteiger partial charge is 0.495 e. The van der Waals surface area contributed by atoms with Gasteiger partial charge in [0.1, 0.15) is 5.75 Å². The van der Waals surface area contributed by atoms with Crippen molar-refractivity contribution in [3.63, 3.8) is 0 Å². The van der Waals surface area contributed by atoms with Gasteiger partial charge >= 0.3 is 11.8 Å². The molecule has 0 atom stereocenters. The first-order valence-corrected chi connectivity index (χ1v) is 10.5. The van der Waals surface area contributed by atoms with Gasteiger partial charge in [-0.25, -0.2) is 0 Å². The number of methoxy groups -OCH3 is 1. The fourth-order valence-corrected chi connectivity index (χ4v) is 3.69. The number of para-hydroxylation sites is 3. The van der Waals surface area contributed by atoms with E-state index in [0.29, 0.717) is 31.9 Å². The maximum absolute atomic E-state index is 12.6. The highest BCUT2D eigenvalue weighted by Gasteiger charge is 2.27. The molecule has 7 nitrogen and oxygen atoms in total. The number of hydrogen-bond acceptors (Lipinski definition) is 5. The van der Waals surface area contributed by atoms with Crippen LogP contribution in [0.2, 0.25) is 0 Å². The molecule has 3 aromatic carbocycles. The van der Waals surface area contributed by atoms with Crippen LogP contribution in [0.1, 0.15) is 0 Å². The Morgan fingerprint density at radius 2 is 1.34 bits per heavy atom. The predicted octanol–water partition coefficient (Wildman–Crippen LogP) is 3.73. The third kappa shape index (κ3) is 5.00. The molecule has 3 aromatic rings. The molecule has 0 aliphatic carbocycles. The number of ether oxygens (including phenoxy) is 1. The molecule has 0 aromatic heterocycles. The number of carbonyl (C=O) groups is 2. The quantitative estimate of drug-likeness (QED) is 0.604. The maximum atomic E-state index is 12.6. The number of hydrogen-bond donors (Lipinski definition) is 2. The molecule has 164 valence electrons. The molecule has 0 unspecified atom stereocenters. The Labute approximate surface area is 187 Å². The van der Waals surface area contributed by atoms with Gasteiger partial charge in [0.15, 0.2) is 0 Å². The van der Waals surface area contributed by atoms with Gasteiger partial charge < -0.3 is 25.2 Å². The van der Waals surface area contributed by atoms with Gasteiger partial charge in [-0.1, -0.05) is 30.3 Å². The number of anilines is 4. The number of carbonyl (C=O) groups excluding carboxylic acids is 2. The van der Waals surface area contributed by atoms with Crippen LogP contribution < -0.4 is 20.3 Å². The van der Waals surface area contributed by atoms with Crippen LogP contribution in [0.3, 0.4) is 0 Å². The molecule has 2 amide bonds. The smallest absolute Gasteiger partial charge is 0.313 e. The highest BCUT2D eigenvalue weighted by molar-refractivity contribution is 6.39. The van der Waals surface area contributed by atoms with E-state index in [9.17, 15) is 9.59 Å². The summed E-state index contributed by atoms with van der Waals surface area (Å²) in [7, 11) is 1.65. The van der Waals surface area contributed by atoms with Crippen molar-refractivity contribution < 1.29 is 14.3 Å². The molecule has 0 spiro atoms. The van der Waals surface area contributed by atoms with Crippen molar-refractivity contribution in [2.75, 3.05) is 48.8 Å². The normalized spacial score (nSPS) is 13.4. The first-order chi connectivity index (χ1) is 15.6. The minimum atomic E-state index is -0.625. The Balaban J connectivity index is 1.30. The van der Waals surface area contributed by atoms with E-state index in [2.05, 4.69) is 15.5 Å². The van der Waals surface area contributed by atoms with Crippen molar-refractivity contribution in [3.8, 4) is 5.75 Å². The molecule has 4 rings (SSSR count). The van der Waals surface area contributed by atoms with Crippen LogP contribution in [0.25, 0.3) is 0 Å². The molecule has 32 heavy (non-hydrogen) atoms. The van der Waals surface area contributed by atoms with E-state index in [1.54, 1.807) is 24.1 Å². The van der Waals surface area contributed by atoms with Gasteiger partial charge in [-0.3, -0.25) is 9.59 Å². The molecular formula is C25H26N4O3. The molecule has 1 aliphatic heterocycles. The van der Waals surface area contributed by atoms with E-state index in [1.165, 1.54) is 0 Å². The van der Waals surface area contributed by atoms with Gasteiger partial charge in [-0.15, -0.1) is 0 Å². The van der Waals surface area contributed by atoms with Crippen molar-refractivity contribution in [2.45, 2.75) is 0 Å². The average Bonchev–Trinajstić information content (AvgIpc) is 2.85. The second kappa shape index (κ2) is 9.87. The van der Waals surface area contributed by atoms with Gasteiger partial charge in [-0.2, -0.15) is 0 Å². The van der Waals surface area contributed by atoms with Crippen LogP contribution >= 0.6 is 0 Å². The predicted molar refractivity (Wildman–Crippen MR) is 127 cm³/mol. The van der Waals surface area contributed by atoms with Gasteiger partial charge in [0, 0.05) is 43.2 Å². The van der Waals surface area contributed by atoms with Gasteiger partial charge in [0.2, 0.25) is 0 Å². The summed E-state index contributed by atoms with van der Waals surface area (Å²) < 4.78 is 5.43. The third-order valence-electron chi connectivity index (χ3n) is 5.39. The van der Waals surface area contributed by atoms with E-state index in [1.807, 2.05) is 66.7 Å². The van der Waals surface area contributed by atoms with Crippen molar-refractivity contribution in [1.82, 2.24) is 4.90 Å². The first kappa shape index (κ1) is 21.2. The SMILES string of the molecule is COc1ccccc1N1CCN(C(=O)C(=O)Nc2ccc(Nc3ccccc3)cc2)CC1.